The van der Waals surface area contributed by atoms with Crippen LogP contribution in [0.5, 0.6) is 0 Å². The number of nitrogens with zero attached hydrogens (tertiary/aromatic N) is 1. The Hall–Kier alpha value is -1.81. The average molecular weight is 270 g/mol. The molecule has 0 amide bonds. The first-order valence-electron chi connectivity index (χ1n) is 7.16. The molecule has 0 fully saturated rings. The van der Waals surface area contributed by atoms with Crippen LogP contribution in [-0.2, 0) is 0 Å². The second-order valence-electron chi connectivity index (χ2n) is 6.32. The topological polar surface area (TPSA) is 52.2 Å². The highest BCUT2D eigenvalue weighted by atomic mass is 15.1. The number of nitrogens with one attached hydrogen (secondary N) is 3. The van der Waals surface area contributed by atoms with Gasteiger partial charge in [0.25, 0.3) is 0 Å². The molecular weight excluding hydrogens is 248 g/mol. The minimum absolute atomic E-state index is 0.0161. The molecular formula is C16H22N4. The van der Waals surface area contributed by atoms with Gasteiger partial charge in [-0.25, -0.2) is 0 Å². The standard InChI is InChI=1S/C16H22N4/c1-16(2,3)20-15-14(17-8-9-18-15)12-10-19-13-7-5-4-6-11(12)13/h4-7,10,14,17,19H,8-9H2,1-3H3,(H,18,20). The predicted octanol–water partition coefficient (Wildman–Crippen LogP) is 2.60. The largest absolute Gasteiger partial charge is 0.368 e. The Labute approximate surface area is 119 Å². The summed E-state index contributed by atoms with van der Waals surface area (Å²) < 4.78 is 0. The van der Waals surface area contributed by atoms with Gasteiger partial charge in [-0.1, -0.05) is 18.2 Å². The summed E-state index contributed by atoms with van der Waals surface area (Å²) in [6, 6.07) is 8.54. The number of H-pyrrole nitrogens is 1. The number of para-hydroxylation sites is 1. The number of rotatable bonds is 1. The number of hydrogen-bond donors (Lipinski definition) is 3. The zero-order chi connectivity index (χ0) is 14.2. The van der Waals surface area contributed by atoms with Crippen molar-refractivity contribution >= 4 is 16.7 Å². The molecule has 0 saturated heterocycles. The summed E-state index contributed by atoms with van der Waals surface area (Å²) in [5, 5.41) is 8.37. The van der Waals surface area contributed by atoms with Crippen molar-refractivity contribution in [2.45, 2.75) is 32.4 Å². The summed E-state index contributed by atoms with van der Waals surface area (Å²) in [6.45, 7) is 8.24. The molecule has 0 aliphatic carbocycles. The van der Waals surface area contributed by atoms with Crippen molar-refractivity contribution in [1.82, 2.24) is 15.6 Å². The molecule has 106 valence electrons. The third-order valence-electron chi connectivity index (χ3n) is 3.45. The molecule has 1 atom stereocenters. The summed E-state index contributed by atoms with van der Waals surface area (Å²) in [6.07, 6.45) is 2.09. The van der Waals surface area contributed by atoms with Crippen LogP contribution < -0.4 is 10.6 Å². The first-order valence-corrected chi connectivity index (χ1v) is 7.16. The molecule has 0 bridgehead atoms. The molecule has 20 heavy (non-hydrogen) atoms. The SMILES string of the molecule is CC(C)(C)NC1=NCCNC1c1c[nH]c2ccccc12. The molecule has 3 N–H and O–H groups in total. The van der Waals surface area contributed by atoms with Crippen molar-refractivity contribution in [2.75, 3.05) is 13.1 Å². The fraction of sp³-hybridized carbons (Fsp3) is 0.438. The maximum atomic E-state index is 4.69. The summed E-state index contributed by atoms with van der Waals surface area (Å²) >= 11 is 0. The Balaban J connectivity index is 1.99. The van der Waals surface area contributed by atoms with Crippen molar-refractivity contribution in [3.8, 4) is 0 Å². The minimum Gasteiger partial charge on any atom is -0.368 e. The fourth-order valence-corrected chi connectivity index (χ4v) is 2.66. The van der Waals surface area contributed by atoms with Crippen LogP contribution in [-0.4, -0.2) is 29.4 Å². The van der Waals surface area contributed by atoms with Crippen LogP contribution in [0.25, 0.3) is 10.9 Å². The summed E-state index contributed by atoms with van der Waals surface area (Å²) in [4.78, 5) is 8.03. The highest BCUT2D eigenvalue weighted by Crippen LogP contribution is 2.26. The molecule has 1 unspecified atom stereocenters. The quantitative estimate of drug-likeness (QED) is 0.746. The van der Waals surface area contributed by atoms with Crippen molar-refractivity contribution in [2.24, 2.45) is 4.99 Å². The molecule has 0 saturated carbocycles. The highest BCUT2D eigenvalue weighted by molar-refractivity contribution is 5.95. The van der Waals surface area contributed by atoms with E-state index in [9.17, 15) is 0 Å². The van der Waals surface area contributed by atoms with Gasteiger partial charge >= 0.3 is 0 Å². The second-order valence-corrected chi connectivity index (χ2v) is 6.32. The molecule has 1 aromatic carbocycles. The Morgan fingerprint density at radius 3 is 2.85 bits per heavy atom. The zero-order valence-electron chi connectivity index (χ0n) is 12.3. The highest BCUT2D eigenvalue weighted by Gasteiger charge is 2.26. The van der Waals surface area contributed by atoms with Gasteiger partial charge in [-0.15, -0.1) is 0 Å². The maximum Gasteiger partial charge on any atom is 0.119 e. The number of aromatic nitrogens is 1. The average Bonchev–Trinajstić information content (AvgIpc) is 2.81. The third-order valence-corrected chi connectivity index (χ3v) is 3.45. The first kappa shape index (κ1) is 13.2. The zero-order valence-corrected chi connectivity index (χ0v) is 12.3. The van der Waals surface area contributed by atoms with E-state index in [-0.39, 0.29) is 11.6 Å². The second kappa shape index (κ2) is 4.94. The lowest BCUT2D eigenvalue weighted by Gasteiger charge is -2.31. The normalized spacial score (nSPS) is 19.9. The molecule has 1 aliphatic heterocycles. The Morgan fingerprint density at radius 1 is 1.25 bits per heavy atom. The lowest BCUT2D eigenvalue weighted by molar-refractivity contribution is 0.484. The minimum atomic E-state index is 0.0161. The van der Waals surface area contributed by atoms with Crippen molar-refractivity contribution in [1.29, 1.82) is 0 Å². The number of hydrogen-bond acceptors (Lipinski definition) is 3. The summed E-state index contributed by atoms with van der Waals surface area (Å²) in [5.74, 6) is 1.04. The number of benzene rings is 1. The van der Waals surface area contributed by atoms with Gasteiger partial charge in [0.05, 0.1) is 12.6 Å². The molecule has 4 nitrogen and oxygen atoms in total. The van der Waals surface area contributed by atoms with E-state index < -0.39 is 0 Å². The summed E-state index contributed by atoms with van der Waals surface area (Å²) in [5.41, 5.74) is 2.45. The van der Waals surface area contributed by atoms with Crippen LogP contribution in [0.15, 0.2) is 35.5 Å². The van der Waals surface area contributed by atoms with Crippen molar-refractivity contribution in [3.05, 3.63) is 36.0 Å². The molecule has 3 rings (SSSR count). The van der Waals surface area contributed by atoms with Crippen LogP contribution in [0.3, 0.4) is 0 Å². The van der Waals surface area contributed by atoms with Crippen LogP contribution in [0.2, 0.25) is 0 Å². The van der Waals surface area contributed by atoms with E-state index in [0.717, 1.165) is 18.9 Å². The van der Waals surface area contributed by atoms with Crippen molar-refractivity contribution in [3.63, 3.8) is 0 Å². The van der Waals surface area contributed by atoms with E-state index >= 15 is 0 Å². The van der Waals surface area contributed by atoms with Gasteiger partial charge in [0.1, 0.15) is 5.84 Å². The number of aromatic amines is 1. The van der Waals surface area contributed by atoms with E-state index in [2.05, 4.69) is 71.8 Å². The number of amidine groups is 1. The van der Waals surface area contributed by atoms with Gasteiger partial charge in [0.15, 0.2) is 0 Å². The van der Waals surface area contributed by atoms with Gasteiger partial charge in [-0.05, 0) is 26.8 Å². The molecule has 2 heterocycles. The van der Waals surface area contributed by atoms with E-state index in [1.54, 1.807) is 0 Å². The predicted molar refractivity (Wildman–Crippen MR) is 84.2 cm³/mol. The lowest BCUT2D eigenvalue weighted by atomic mass is 10.0. The molecule has 1 aliphatic rings. The van der Waals surface area contributed by atoms with Gasteiger partial charge in [0, 0.05) is 34.7 Å². The molecule has 4 heteroatoms. The van der Waals surface area contributed by atoms with E-state index in [1.165, 1.54) is 16.5 Å². The van der Waals surface area contributed by atoms with E-state index in [0.29, 0.717) is 0 Å². The monoisotopic (exact) mass is 270 g/mol. The van der Waals surface area contributed by atoms with Gasteiger partial charge in [-0.3, -0.25) is 4.99 Å². The Morgan fingerprint density at radius 2 is 2.05 bits per heavy atom. The van der Waals surface area contributed by atoms with E-state index in [4.69, 9.17) is 0 Å². The van der Waals surface area contributed by atoms with E-state index in [1.807, 2.05) is 0 Å². The van der Waals surface area contributed by atoms with Crippen LogP contribution >= 0.6 is 0 Å². The fourth-order valence-electron chi connectivity index (χ4n) is 2.66. The van der Waals surface area contributed by atoms with Crippen LogP contribution in [0.4, 0.5) is 0 Å². The van der Waals surface area contributed by atoms with Gasteiger partial charge in [0.2, 0.25) is 0 Å². The first-order chi connectivity index (χ1) is 9.54. The number of aliphatic imine (C=N–C) groups is 1. The number of fused-ring (bicyclic) bond motifs is 1. The molecule has 0 radical (unpaired) electrons. The molecule has 2 aromatic rings. The lowest BCUT2D eigenvalue weighted by Crippen LogP contribution is -2.49. The van der Waals surface area contributed by atoms with Gasteiger partial charge in [-0.2, -0.15) is 0 Å². The smallest absolute Gasteiger partial charge is 0.119 e. The Bertz CT molecular complexity index is 633. The maximum absolute atomic E-state index is 4.69. The summed E-state index contributed by atoms with van der Waals surface area (Å²) in [7, 11) is 0. The van der Waals surface area contributed by atoms with Gasteiger partial charge < -0.3 is 15.6 Å². The van der Waals surface area contributed by atoms with Crippen LogP contribution in [0.1, 0.15) is 32.4 Å². The Kier molecular flexibility index (Phi) is 3.26. The molecule has 0 spiro atoms. The third kappa shape index (κ3) is 2.56. The van der Waals surface area contributed by atoms with Crippen LogP contribution in [0, 0.1) is 0 Å². The molecule has 1 aromatic heterocycles. The van der Waals surface area contributed by atoms with Crippen molar-refractivity contribution < 1.29 is 0 Å².